The molecule has 1 unspecified atom stereocenters. The van der Waals surface area contributed by atoms with Gasteiger partial charge < -0.3 is 9.73 Å². The lowest BCUT2D eigenvalue weighted by Crippen LogP contribution is -2.23. The predicted octanol–water partition coefficient (Wildman–Crippen LogP) is 2.62. The van der Waals surface area contributed by atoms with E-state index < -0.39 is 0 Å². The van der Waals surface area contributed by atoms with Crippen LogP contribution in [-0.4, -0.2) is 25.0 Å². The van der Waals surface area contributed by atoms with Crippen molar-refractivity contribution in [3.8, 4) is 0 Å². The molecule has 2 heterocycles. The summed E-state index contributed by atoms with van der Waals surface area (Å²) in [6.07, 6.45) is 5.89. The number of hydrogen-bond acceptors (Lipinski definition) is 3. The van der Waals surface area contributed by atoms with Crippen molar-refractivity contribution in [1.29, 1.82) is 0 Å². The summed E-state index contributed by atoms with van der Waals surface area (Å²) in [5.41, 5.74) is 1.24. The maximum atomic E-state index is 5.61. The van der Waals surface area contributed by atoms with Crippen molar-refractivity contribution in [1.82, 2.24) is 10.2 Å². The molecule has 1 aliphatic rings. The molecule has 0 spiro atoms. The third-order valence-electron chi connectivity index (χ3n) is 3.58. The van der Waals surface area contributed by atoms with Crippen LogP contribution in [0.5, 0.6) is 0 Å². The Kier molecular flexibility index (Phi) is 4.63. The lowest BCUT2D eigenvalue weighted by Gasteiger charge is -2.18. The van der Waals surface area contributed by atoms with Gasteiger partial charge >= 0.3 is 0 Å². The van der Waals surface area contributed by atoms with E-state index in [1.54, 1.807) is 0 Å². The first-order chi connectivity index (χ1) is 8.28. The molecule has 3 nitrogen and oxygen atoms in total. The molecule has 2 rings (SSSR count). The molecule has 1 aromatic heterocycles. The molecule has 1 aromatic rings. The molecule has 0 aliphatic carbocycles. The Labute approximate surface area is 104 Å². The molecule has 0 saturated carbocycles. The fourth-order valence-electron chi connectivity index (χ4n) is 2.51. The van der Waals surface area contributed by atoms with Crippen LogP contribution in [0.3, 0.4) is 0 Å². The number of hydrogen-bond donors (Lipinski definition) is 1. The van der Waals surface area contributed by atoms with Gasteiger partial charge in [0.1, 0.15) is 5.76 Å². The fraction of sp³-hybridized carbons (Fsp3) is 0.714. The van der Waals surface area contributed by atoms with Crippen molar-refractivity contribution in [2.24, 2.45) is 5.92 Å². The van der Waals surface area contributed by atoms with Gasteiger partial charge in [-0.15, -0.1) is 0 Å². The van der Waals surface area contributed by atoms with E-state index in [4.69, 9.17) is 4.42 Å². The first-order valence-corrected chi connectivity index (χ1v) is 6.71. The molecule has 0 amide bonds. The zero-order chi connectivity index (χ0) is 12.1. The van der Waals surface area contributed by atoms with Crippen LogP contribution in [0.25, 0.3) is 0 Å². The molecular formula is C14H24N2O. The summed E-state index contributed by atoms with van der Waals surface area (Å²) in [5, 5.41) is 3.14. The third-order valence-corrected chi connectivity index (χ3v) is 3.58. The summed E-state index contributed by atoms with van der Waals surface area (Å²) in [6.45, 7) is 6.65. The molecular weight excluding hydrogens is 212 g/mol. The van der Waals surface area contributed by atoms with Gasteiger partial charge in [-0.25, -0.2) is 0 Å². The number of nitrogens with one attached hydrogen (secondary N) is 1. The lowest BCUT2D eigenvalue weighted by atomic mass is 10.0. The Balaban J connectivity index is 1.86. The van der Waals surface area contributed by atoms with E-state index >= 15 is 0 Å². The minimum absolute atomic E-state index is 0.886. The largest absolute Gasteiger partial charge is 0.468 e. The van der Waals surface area contributed by atoms with Crippen LogP contribution in [0.15, 0.2) is 16.7 Å². The van der Waals surface area contributed by atoms with Crippen molar-refractivity contribution < 1.29 is 4.42 Å². The van der Waals surface area contributed by atoms with E-state index in [9.17, 15) is 0 Å². The molecule has 1 atom stereocenters. The second-order valence-electron chi connectivity index (χ2n) is 5.26. The maximum absolute atomic E-state index is 5.61. The highest BCUT2D eigenvalue weighted by atomic mass is 16.3. The zero-order valence-corrected chi connectivity index (χ0v) is 11.0. The van der Waals surface area contributed by atoms with Crippen LogP contribution < -0.4 is 5.32 Å². The van der Waals surface area contributed by atoms with E-state index in [1.807, 2.05) is 13.3 Å². The van der Waals surface area contributed by atoms with Crippen LogP contribution in [0.4, 0.5) is 0 Å². The normalized spacial score (nSPS) is 22.6. The van der Waals surface area contributed by atoms with Gasteiger partial charge in [-0.3, -0.25) is 4.90 Å². The Hall–Kier alpha value is -0.800. The molecule has 0 radical (unpaired) electrons. The molecule has 17 heavy (non-hydrogen) atoms. The van der Waals surface area contributed by atoms with E-state index in [0.717, 1.165) is 24.8 Å². The molecule has 1 N–H and O–H groups in total. The van der Waals surface area contributed by atoms with E-state index in [2.05, 4.69) is 23.2 Å². The number of nitrogens with zero attached hydrogens (tertiary/aromatic N) is 1. The quantitative estimate of drug-likeness (QED) is 0.871. The second-order valence-corrected chi connectivity index (χ2v) is 5.26. The van der Waals surface area contributed by atoms with Crippen LogP contribution in [0, 0.1) is 5.92 Å². The van der Waals surface area contributed by atoms with E-state index in [0.29, 0.717) is 0 Å². The lowest BCUT2D eigenvalue weighted by molar-refractivity contribution is 0.250. The minimum atomic E-state index is 0.886. The van der Waals surface area contributed by atoms with Crippen molar-refractivity contribution in [2.75, 3.05) is 20.1 Å². The van der Waals surface area contributed by atoms with Crippen LogP contribution >= 0.6 is 0 Å². The first kappa shape index (κ1) is 12.7. The van der Waals surface area contributed by atoms with Gasteiger partial charge in [0.25, 0.3) is 0 Å². The fourth-order valence-corrected chi connectivity index (χ4v) is 2.51. The Morgan fingerprint density at radius 1 is 1.41 bits per heavy atom. The number of likely N-dealkylation sites (tertiary alicyclic amines) is 1. The highest BCUT2D eigenvalue weighted by molar-refractivity contribution is 5.12. The van der Waals surface area contributed by atoms with Gasteiger partial charge in [0.15, 0.2) is 0 Å². The van der Waals surface area contributed by atoms with Gasteiger partial charge in [0.2, 0.25) is 0 Å². The summed E-state index contributed by atoms with van der Waals surface area (Å²) in [5.74, 6) is 1.99. The number of furan rings is 1. The van der Waals surface area contributed by atoms with Crippen LogP contribution in [-0.2, 0) is 13.1 Å². The highest BCUT2D eigenvalue weighted by Gasteiger charge is 2.15. The standard InChI is InChI=1S/C14H24N2O/c1-12-4-3-6-16(7-5-12)10-14-8-13(9-15-2)11-17-14/h8,11-12,15H,3-7,9-10H2,1-2H3. The smallest absolute Gasteiger partial charge is 0.118 e. The van der Waals surface area contributed by atoms with Crippen LogP contribution in [0.1, 0.15) is 37.5 Å². The third kappa shape index (κ3) is 3.86. The van der Waals surface area contributed by atoms with Gasteiger partial charge in [-0.05, 0) is 51.4 Å². The molecule has 0 aromatic carbocycles. The summed E-state index contributed by atoms with van der Waals surface area (Å²) in [7, 11) is 1.96. The molecule has 0 bridgehead atoms. The molecule has 1 aliphatic heterocycles. The van der Waals surface area contributed by atoms with Crippen molar-refractivity contribution in [3.63, 3.8) is 0 Å². The average molecular weight is 236 g/mol. The van der Waals surface area contributed by atoms with Crippen molar-refractivity contribution in [2.45, 2.75) is 39.3 Å². The zero-order valence-electron chi connectivity index (χ0n) is 11.0. The van der Waals surface area contributed by atoms with Crippen molar-refractivity contribution in [3.05, 3.63) is 23.7 Å². The molecule has 1 saturated heterocycles. The summed E-state index contributed by atoms with van der Waals surface area (Å²) in [6, 6.07) is 2.17. The first-order valence-electron chi connectivity index (χ1n) is 6.71. The SMILES string of the molecule is CNCc1coc(CN2CCCC(C)CC2)c1. The summed E-state index contributed by atoms with van der Waals surface area (Å²) in [4.78, 5) is 2.52. The predicted molar refractivity (Wildman–Crippen MR) is 69.8 cm³/mol. The van der Waals surface area contributed by atoms with E-state index in [-0.39, 0.29) is 0 Å². The van der Waals surface area contributed by atoms with Crippen molar-refractivity contribution >= 4 is 0 Å². The highest BCUT2D eigenvalue weighted by Crippen LogP contribution is 2.19. The minimum Gasteiger partial charge on any atom is -0.468 e. The Bertz CT molecular complexity index is 335. The van der Waals surface area contributed by atoms with E-state index in [1.165, 1.54) is 37.9 Å². The van der Waals surface area contributed by atoms with Gasteiger partial charge in [-0.1, -0.05) is 6.92 Å². The summed E-state index contributed by atoms with van der Waals surface area (Å²) < 4.78 is 5.61. The Morgan fingerprint density at radius 2 is 2.29 bits per heavy atom. The number of rotatable bonds is 4. The van der Waals surface area contributed by atoms with Crippen LogP contribution in [0.2, 0.25) is 0 Å². The molecule has 1 fully saturated rings. The van der Waals surface area contributed by atoms with Gasteiger partial charge in [0.05, 0.1) is 12.8 Å². The monoisotopic (exact) mass is 236 g/mol. The molecule has 96 valence electrons. The average Bonchev–Trinajstić information content (AvgIpc) is 2.63. The topological polar surface area (TPSA) is 28.4 Å². The Morgan fingerprint density at radius 3 is 3.12 bits per heavy atom. The second kappa shape index (κ2) is 6.22. The summed E-state index contributed by atoms with van der Waals surface area (Å²) >= 11 is 0. The molecule has 3 heteroatoms. The van der Waals surface area contributed by atoms with Gasteiger partial charge in [-0.2, -0.15) is 0 Å². The van der Waals surface area contributed by atoms with Gasteiger partial charge in [0, 0.05) is 12.1 Å². The maximum Gasteiger partial charge on any atom is 0.118 e.